The predicted molar refractivity (Wildman–Crippen MR) is 96.9 cm³/mol. The van der Waals surface area contributed by atoms with Crippen LogP contribution in [0, 0.1) is 23.7 Å². The summed E-state index contributed by atoms with van der Waals surface area (Å²) in [6.07, 6.45) is 8.71. The summed E-state index contributed by atoms with van der Waals surface area (Å²) >= 11 is 1.17. The van der Waals surface area contributed by atoms with Crippen LogP contribution in [0.2, 0.25) is 0 Å². The third kappa shape index (κ3) is 4.42. The standard InChI is InChI=1S/C18H17N3O3S/c1-4-12-7-13-8-14(5-6-15(13)20-9-12)24-17(25-3)16(23)21-18(2,10-19)11-22/h1,5-9,17,22H,11H2,2-3H3,(H,21,23). The Morgan fingerprint density at radius 3 is 2.92 bits per heavy atom. The number of carbonyl (C=O) groups is 1. The molecule has 1 aromatic heterocycles. The summed E-state index contributed by atoms with van der Waals surface area (Å²) in [6, 6.07) is 8.89. The van der Waals surface area contributed by atoms with Crippen LogP contribution in [0.3, 0.4) is 0 Å². The van der Waals surface area contributed by atoms with Crippen molar-refractivity contribution in [2.75, 3.05) is 12.9 Å². The van der Waals surface area contributed by atoms with Gasteiger partial charge in [-0.3, -0.25) is 9.78 Å². The number of pyridine rings is 1. The van der Waals surface area contributed by atoms with Gasteiger partial charge in [-0.1, -0.05) is 5.92 Å². The van der Waals surface area contributed by atoms with E-state index in [9.17, 15) is 9.90 Å². The smallest absolute Gasteiger partial charge is 0.273 e. The van der Waals surface area contributed by atoms with Gasteiger partial charge in [0.25, 0.3) is 5.91 Å². The molecular weight excluding hydrogens is 338 g/mol. The first kappa shape index (κ1) is 18.6. The Hall–Kier alpha value is -2.74. The van der Waals surface area contributed by atoms with Crippen LogP contribution in [0.15, 0.2) is 30.5 Å². The number of fused-ring (bicyclic) bond motifs is 1. The fourth-order valence-corrected chi connectivity index (χ4v) is 2.51. The molecule has 0 aliphatic heterocycles. The summed E-state index contributed by atoms with van der Waals surface area (Å²) < 4.78 is 5.72. The monoisotopic (exact) mass is 355 g/mol. The molecule has 0 saturated carbocycles. The zero-order valence-corrected chi connectivity index (χ0v) is 14.6. The number of terminal acetylenes is 1. The molecule has 0 spiro atoms. The lowest BCUT2D eigenvalue weighted by atomic mass is 10.1. The number of rotatable bonds is 6. The van der Waals surface area contributed by atoms with E-state index in [0.717, 1.165) is 10.9 Å². The molecule has 2 atom stereocenters. The van der Waals surface area contributed by atoms with E-state index in [2.05, 4.69) is 16.2 Å². The molecule has 0 aliphatic rings. The summed E-state index contributed by atoms with van der Waals surface area (Å²) in [4.78, 5) is 16.6. The first-order valence-corrected chi connectivity index (χ1v) is 8.63. The average molecular weight is 355 g/mol. The average Bonchev–Trinajstić information content (AvgIpc) is 2.65. The molecule has 6 nitrogen and oxygen atoms in total. The van der Waals surface area contributed by atoms with Crippen molar-refractivity contribution in [2.45, 2.75) is 17.9 Å². The van der Waals surface area contributed by atoms with Crippen molar-refractivity contribution in [3.8, 4) is 24.2 Å². The normalized spacial score (nSPS) is 14.0. The largest absolute Gasteiger partial charge is 0.470 e. The van der Waals surface area contributed by atoms with Gasteiger partial charge in [-0.15, -0.1) is 18.2 Å². The van der Waals surface area contributed by atoms with Crippen LogP contribution in [0.1, 0.15) is 12.5 Å². The Labute approximate surface area is 150 Å². The first-order chi connectivity index (χ1) is 11.9. The summed E-state index contributed by atoms with van der Waals surface area (Å²) in [5.74, 6) is 2.50. The van der Waals surface area contributed by atoms with E-state index in [1.807, 2.05) is 12.1 Å². The number of nitriles is 1. The molecule has 2 aromatic rings. The zero-order valence-electron chi connectivity index (χ0n) is 13.8. The quantitative estimate of drug-likeness (QED) is 0.605. The van der Waals surface area contributed by atoms with Crippen LogP contribution in [0.25, 0.3) is 10.9 Å². The Morgan fingerprint density at radius 2 is 2.32 bits per heavy atom. The van der Waals surface area contributed by atoms with Crippen LogP contribution < -0.4 is 10.1 Å². The number of aliphatic hydroxyl groups excluding tert-OH is 1. The fourth-order valence-electron chi connectivity index (χ4n) is 2.03. The van der Waals surface area contributed by atoms with Gasteiger partial charge in [0.1, 0.15) is 11.3 Å². The summed E-state index contributed by atoms with van der Waals surface area (Å²) in [6.45, 7) is 0.943. The highest BCUT2D eigenvalue weighted by atomic mass is 32.2. The number of nitrogens with one attached hydrogen (secondary N) is 1. The molecule has 1 heterocycles. The van der Waals surface area contributed by atoms with Gasteiger partial charge in [0.05, 0.1) is 18.2 Å². The predicted octanol–water partition coefficient (Wildman–Crippen LogP) is 1.67. The first-order valence-electron chi connectivity index (χ1n) is 7.34. The van der Waals surface area contributed by atoms with Crippen molar-refractivity contribution < 1.29 is 14.6 Å². The van der Waals surface area contributed by atoms with Gasteiger partial charge >= 0.3 is 0 Å². The molecule has 1 aromatic carbocycles. The maximum atomic E-state index is 12.3. The molecule has 0 aliphatic carbocycles. The minimum Gasteiger partial charge on any atom is -0.470 e. The van der Waals surface area contributed by atoms with Crippen molar-refractivity contribution >= 4 is 28.6 Å². The summed E-state index contributed by atoms with van der Waals surface area (Å²) in [7, 11) is 0. The van der Waals surface area contributed by atoms with E-state index in [1.165, 1.54) is 18.7 Å². The Bertz CT molecular complexity index is 872. The molecule has 0 radical (unpaired) electrons. The van der Waals surface area contributed by atoms with Gasteiger partial charge < -0.3 is 15.2 Å². The maximum Gasteiger partial charge on any atom is 0.273 e. The number of benzene rings is 1. The van der Waals surface area contributed by atoms with Crippen LogP contribution in [0.4, 0.5) is 0 Å². The number of amides is 1. The molecule has 2 unspecified atom stereocenters. The van der Waals surface area contributed by atoms with E-state index in [0.29, 0.717) is 11.3 Å². The van der Waals surface area contributed by atoms with Crippen LogP contribution >= 0.6 is 11.8 Å². The van der Waals surface area contributed by atoms with Gasteiger partial charge in [-0.25, -0.2) is 0 Å². The van der Waals surface area contributed by atoms with Crippen LogP contribution in [-0.4, -0.2) is 39.8 Å². The third-order valence-corrected chi connectivity index (χ3v) is 4.19. The Kier molecular flexibility index (Phi) is 5.87. The molecule has 7 heteroatoms. The topological polar surface area (TPSA) is 95.2 Å². The molecule has 0 saturated heterocycles. The highest BCUT2D eigenvalue weighted by molar-refractivity contribution is 7.99. The fraction of sp³-hybridized carbons (Fsp3) is 0.278. The van der Waals surface area contributed by atoms with E-state index in [1.54, 1.807) is 30.7 Å². The van der Waals surface area contributed by atoms with Crippen molar-refractivity contribution in [1.29, 1.82) is 5.26 Å². The Morgan fingerprint density at radius 1 is 1.56 bits per heavy atom. The van der Waals surface area contributed by atoms with E-state index in [-0.39, 0.29) is 0 Å². The van der Waals surface area contributed by atoms with E-state index >= 15 is 0 Å². The number of thioether (sulfide) groups is 1. The van der Waals surface area contributed by atoms with Crippen molar-refractivity contribution in [3.05, 3.63) is 36.0 Å². The van der Waals surface area contributed by atoms with Gasteiger partial charge in [-0.2, -0.15) is 5.26 Å². The third-order valence-electron chi connectivity index (χ3n) is 3.45. The number of aliphatic hydroxyl groups is 1. The second-order valence-corrected chi connectivity index (χ2v) is 6.40. The number of aromatic nitrogens is 1. The molecule has 128 valence electrons. The molecule has 2 rings (SSSR count). The van der Waals surface area contributed by atoms with Gasteiger partial charge in [0.2, 0.25) is 5.44 Å². The van der Waals surface area contributed by atoms with Crippen LogP contribution in [0.5, 0.6) is 5.75 Å². The van der Waals surface area contributed by atoms with Gasteiger partial charge in [0, 0.05) is 17.1 Å². The number of carbonyl (C=O) groups excluding carboxylic acids is 1. The van der Waals surface area contributed by atoms with E-state index < -0.39 is 23.5 Å². The summed E-state index contributed by atoms with van der Waals surface area (Å²) in [5, 5.41) is 21.6. The molecule has 25 heavy (non-hydrogen) atoms. The lowest BCUT2D eigenvalue weighted by molar-refractivity contribution is -0.126. The Balaban J connectivity index is 2.21. The van der Waals surface area contributed by atoms with Crippen molar-refractivity contribution in [1.82, 2.24) is 10.3 Å². The lowest BCUT2D eigenvalue weighted by Crippen LogP contribution is -2.51. The van der Waals surface area contributed by atoms with E-state index in [4.69, 9.17) is 16.4 Å². The number of ether oxygens (including phenoxy) is 1. The molecule has 0 fully saturated rings. The van der Waals surface area contributed by atoms with Gasteiger partial charge in [-0.05, 0) is 37.4 Å². The number of hydrogen-bond donors (Lipinski definition) is 2. The highest BCUT2D eigenvalue weighted by Gasteiger charge is 2.30. The molecule has 0 bridgehead atoms. The maximum absolute atomic E-state index is 12.3. The van der Waals surface area contributed by atoms with Gasteiger partial charge in [0.15, 0.2) is 0 Å². The lowest BCUT2D eigenvalue weighted by Gasteiger charge is -2.24. The second-order valence-electron chi connectivity index (χ2n) is 5.50. The highest BCUT2D eigenvalue weighted by Crippen LogP contribution is 2.23. The molecule has 2 N–H and O–H groups in total. The number of nitrogens with zero attached hydrogens (tertiary/aromatic N) is 2. The molecular formula is C18H17N3O3S. The SMILES string of the molecule is C#Cc1cnc2ccc(OC(SC)C(=O)NC(C)(C#N)CO)cc2c1. The minimum atomic E-state index is -1.36. The second kappa shape index (κ2) is 7.89. The minimum absolute atomic E-state index is 0.473. The molecule has 1 amide bonds. The van der Waals surface area contributed by atoms with Crippen molar-refractivity contribution in [3.63, 3.8) is 0 Å². The number of hydrogen-bond acceptors (Lipinski definition) is 6. The van der Waals surface area contributed by atoms with Crippen LogP contribution in [-0.2, 0) is 4.79 Å². The van der Waals surface area contributed by atoms with Crippen molar-refractivity contribution in [2.24, 2.45) is 0 Å². The summed E-state index contributed by atoms with van der Waals surface area (Å²) in [5.41, 5.74) is -0.825. The zero-order chi connectivity index (χ0) is 18.4.